The van der Waals surface area contributed by atoms with Crippen LogP contribution in [0.15, 0.2) is 0 Å². The summed E-state index contributed by atoms with van der Waals surface area (Å²) in [6.45, 7) is 1.35. The van der Waals surface area contributed by atoms with Gasteiger partial charge in [-0.05, 0) is 31.1 Å². The molecule has 1 aliphatic carbocycles. The normalized spacial score (nSPS) is 26.4. The predicted molar refractivity (Wildman–Crippen MR) is 76.7 cm³/mol. The zero-order chi connectivity index (χ0) is 15.6. The van der Waals surface area contributed by atoms with Gasteiger partial charge in [0.25, 0.3) is 0 Å². The second-order valence-electron chi connectivity index (χ2n) is 6.11. The van der Waals surface area contributed by atoms with E-state index in [1.54, 1.807) is 4.90 Å². The number of rotatable bonds is 5. The fourth-order valence-corrected chi connectivity index (χ4v) is 3.89. The molecule has 0 bridgehead atoms. The first-order chi connectivity index (χ1) is 9.76. The Morgan fingerprint density at radius 3 is 2.33 bits per heavy atom. The van der Waals surface area contributed by atoms with Crippen molar-refractivity contribution in [3.63, 3.8) is 0 Å². The molecule has 1 saturated heterocycles. The third-order valence-corrected chi connectivity index (χ3v) is 5.36. The number of fused-ring (bicyclic) bond motifs is 1. The topological polar surface area (TPSA) is 104 Å². The first-order valence-electron chi connectivity index (χ1n) is 7.22. The van der Waals surface area contributed by atoms with Gasteiger partial charge in [-0.25, -0.2) is 18.0 Å². The lowest BCUT2D eigenvalue weighted by atomic mass is 10.0. The van der Waals surface area contributed by atoms with Crippen LogP contribution in [0.3, 0.4) is 0 Å². The van der Waals surface area contributed by atoms with Crippen molar-refractivity contribution in [3.8, 4) is 0 Å². The number of hydrogen-bond donors (Lipinski definition) is 2. The molecule has 0 aromatic heterocycles. The van der Waals surface area contributed by atoms with Crippen LogP contribution in [0.5, 0.6) is 0 Å². The number of sulfone groups is 1. The molecule has 8 heteroatoms. The van der Waals surface area contributed by atoms with Crippen molar-refractivity contribution in [2.45, 2.75) is 31.7 Å². The van der Waals surface area contributed by atoms with Crippen molar-refractivity contribution in [3.05, 3.63) is 0 Å². The highest BCUT2D eigenvalue weighted by atomic mass is 32.2. The molecular formula is C13H22N2O5S. The maximum atomic E-state index is 12.1. The quantitative estimate of drug-likeness (QED) is 0.759. The number of likely N-dealkylation sites (tertiary alicyclic amines) is 1. The Hall–Kier alpha value is -1.31. The van der Waals surface area contributed by atoms with Crippen molar-refractivity contribution in [2.75, 3.05) is 25.1 Å². The molecule has 2 N–H and O–H groups in total. The minimum absolute atomic E-state index is 0.111. The van der Waals surface area contributed by atoms with Crippen LogP contribution in [-0.2, 0) is 14.6 Å². The summed E-state index contributed by atoms with van der Waals surface area (Å²) in [6.07, 6.45) is 4.41. The fraction of sp³-hybridized carbons (Fsp3) is 0.846. The summed E-state index contributed by atoms with van der Waals surface area (Å²) >= 11 is 0. The number of carbonyl (C=O) groups excluding carboxylic acids is 1. The van der Waals surface area contributed by atoms with Crippen LogP contribution in [0.25, 0.3) is 0 Å². The van der Waals surface area contributed by atoms with Crippen molar-refractivity contribution in [1.82, 2.24) is 10.2 Å². The van der Waals surface area contributed by atoms with Crippen LogP contribution in [0.1, 0.15) is 25.7 Å². The number of hydrogen-bond acceptors (Lipinski definition) is 4. The van der Waals surface area contributed by atoms with E-state index in [4.69, 9.17) is 5.11 Å². The van der Waals surface area contributed by atoms with Gasteiger partial charge < -0.3 is 15.3 Å². The van der Waals surface area contributed by atoms with E-state index in [1.807, 2.05) is 0 Å². The van der Waals surface area contributed by atoms with Crippen LogP contribution in [-0.4, -0.2) is 61.6 Å². The standard InChI is InChI=1S/C13H22N2O5S/c1-21(19,20)6-5-11(12(16)17)14-13(18)15-7-9-3-2-4-10(9)8-15/h9-11H,2-8H2,1H3,(H,14,18)(H,16,17). The molecule has 2 aliphatic rings. The molecule has 2 rings (SSSR count). The largest absolute Gasteiger partial charge is 0.480 e. The fourth-order valence-electron chi connectivity index (χ4n) is 3.23. The number of amides is 2. The number of nitrogens with one attached hydrogen (secondary N) is 1. The number of aliphatic carboxylic acids is 1. The van der Waals surface area contributed by atoms with E-state index >= 15 is 0 Å². The van der Waals surface area contributed by atoms with Gasteiger partial charge in [0.2, 0.25) is 0 Å². The van der Waals surface area contributed by atoms with Gasteiger partial charge in [-0.15, -0.1) is 0 Å². The molecule has 1 heterocycles. The SMILES string of the molecule is CS(=O)(=O)CCC(NC(=O)N1CC2CCCC2C1)C(=O)O. The van der Waals surface area contributed by atoms with E-state index in [0.717, 1.165) is 19.1 Å². The highest BCUT2D eigenvalue weighted by Crippen LogP contribution is 2.37. The number of carbonyl (C=O) groups is 2. The Labute approximate surface area is 124 Å². The molecule has 2 fully saturated rings. The number of urea groups is 1. The lowest BCUT2D eigenvalue weighted by molar-refractivity contribution is -0.139. The van der Waals surface area contributed by atoms with E-state index in [1.165, 1.54) is 6.42 Å². The average molecular weight is 318 g/mol. The predicted octanol–water partition coefficient (Wildman–Crippen LogP) is 0.316. The summed E-state index contributed by atoms with van der Waals surface area (Å²) in [4.78, 5) is 24.9. The van der Waals surface area contributed by atoms with E-state index < -0.39 is 27.9 Å². The molecule has 0 aromatic carbocycles. The Morgan fingerprint density at radius 1 is 1.29 bits per heavy atom. The molecule has 2 amide bonds. The summed E-state index contributed by atoms with van der Waals surface area (Å²) in [6, 6.07) is -1.56. The Balaban J connectivity index is 1.88. The minimum Gasteiger partial charge on any atom is -0.480 e. The molecule has 3 unspecified atom stereocenters. The molecule has 21 heavy (non-hydrogen) atoms. The first-order valence-corrected chi connectivity index (χ1v) is 9.28. The third-order valence-electron chi connectivity index (χ3n) is 4.39. The Morgan fingerprint density at radius 2 is 1.86 bits per heavy atom. The monoisotopic (exact) mass is 318 g/mol. The highest BCUT2D eigenvalue weighted by Gasteiger charge is 2.38. The number of nitrogens with zero attached hydrogens (tertiary/aromatic N) is 1. The van der Waals surface area contributed by atoms with Gasteiger partial charge in [-0.3, -0.25) is 0 Å². The first kappa shape index (κ1) is 16.1. The van der Waals surface area contributed by atoms with Crippen molar-refractivity contribution >= 4 is 21.8 Å². The average Bonchev–Trinajstić information content (AvgIpc) is 2.92. The van der Waals surface area contributed by atoms with Crippen LogP contribution < -0.4 is 5.32 Å². The smallest absolute Gasteiger partial charge is 0.326 e. The van der Waals surface area contributed by atoms with Crippen LogP contribution in [0.2, 0.25) is 0 Å². The van der Waals surface area contributed by atoms with Gasteiger partial charge >= 0.3 is 12.0 Å². The van der Waals surface area contributed by atoms with Crippen molar-refractivity contribution in [2.24, 2.45) is 11.8 Å². The van der Waals surface area contributed by atoms with E-state index in [-0.39, 0.29) is 12.2 Å². The van der Waals surface area contributed by atoms with E-state index in [2.05, 4.69) is 5.32 Å². The molecule has 0 aromatic rings. The molecule has 1 saturated carbocycles. The lowest BCUT2D eigenvalue weighted by Crippen LogP contribution is -2.48. The van der Waals surface area contributed by atoms with E-state index in [9.17, 15) is 18.0 Å². The summed E-state index contributed by atoms with van der Waals surface area (Å²) in [5.74, 6) is -0.383. The summed E-state index contributed by atoms with van der Waals surface area (Å²) in [5, 5.41) is 11.5. The lowest BCUT2D eigenvalue weighted by Gasteiger charge is -2.21. The maximum absolute atomic E-state index is 12.1. The highest BCUT2D eigenvalue weighted by molar-refractivity contribution is 7.90. The van der Waals surface area contributed by atoms with Gasteiger partial charge in [-0.2, -0.15) is 0 Å². The Kier molecular flexibility index (Phi) is 4.75. The summed E-state index contributed by atoms with van der Waals surface area (Å²) in [5.41, 5.74) is 0. The number of carboxylic acid groups (broad SMARTS) is 1. The Bertz CT molecular complexity index is 507. The van der Waals surface area contributed by atoms with Gasteiger partial charge in [0.1, 0.15) is 15.9 Å². The molecule has 0 spiro atoms. The van der Waals surface area contributed by atoms with Gasteiger partial charge in [-0.1, -0.05) is 6.42 Å². The second kappa shape index (κ2) is 6.21. The van der Waals surface area contributed by atoms with Gasteiger partial charge in [0.15, 0.2) is 0 Å². The zero-order valence-electron chi connectivity index (χ0n) is 12.1. The van der Waals surface area contributed by atoms with Crippen molar-refractivity contribution in [1.29, 1.82) is 0 Å². The van der Waals surface area contributed by atoms with E-state index in [0.29, 0.717) is 24.9 Å². The van der Waals surface area contributed by atoms with Crippen molar-refractivity contribution < 1.29 is 23.1 Å². The van der Waals surface area contributed by atoms with Crippen LogP contribution in [0.4, 0.5) is 4.79 Å². The molecular weight excluding hydrogens is 296 g/mol. The van der Waals surface area contributed by atoms with Crippen LogP contribution >= 0.6 is 0 Å². The van der Waals surface area contributed by atoms with Gasteiger partial charge in [0.05, 0.1) is 5.75 Å². The zero-order valence-corrected chi connectivity index (χ0v) is 12.9. The molecule has 7 nitrogen and oxygen atoms in total. The minimum atomic E-state index is -3.25. The van der Waals surface area contributed by atoms with Gasteiger partial charge in [0, 0.05) is 19.3 Å². The molecule has 0 radical (unpaired) electrons. The summed E-state index contributed by atoms with van der Waals surface area (Å²) in [7, 11) is -3.25. The molecule has 120 valence electrons. The maximum Gasteiger partial charge on any atom is 0.326 e. The van der Waals surface area contributed by atoms with Crippen LogP contribution in [0, 0.1) is 11.8 Å². The second-order valence-corrected chi connectivity index (χ2v) is 8.37. The molecule has 3 atom stereocenters. The third kappa shape index (κ3) is 4.33. The summed E-state index contributed by atoms with van der Waals surface area (Å²) < 4.78 is 22.2. The molecule has 1 aliphatic heterocycles. The number of carboxylic acids is 1.